The predicted molar refractivity (Wildman–Crippen MR) is 82.4 cm³/mol. The average molecular weight is 268 g/mol. The van der Waals surface area contributed by atoms with Crippen molar-refractivity contribution < 1.29 is 0 Å². The molecule has 0 radical (unpaired) electrons. The van der Waals surface area contributed by atoms with Gasteiger partial charge < -0.3 is 5.32 Å². The van der Waals surface area contributed by atoms with Crippen LogP contribution in [-0.2, 0) is 0 Å². The first kappa shape index (κ1) is 14.2. The topological polar surface area (TPSA) is 24.4 Å². The highest BCUT2D eigenvalue weighted by molar-refractivity contribution is 8.13. The van der Waals surface area contributed by atoms with Crippen LogP contribution in [0.3, 0.4) is 0 Å². The Balaban J connectivity index is 1.83. The molecule has 0 saturated heterocycles. The van der Waals surface area contributed by atoms with Gasteiger partial charge in [-0.1, -0.05) is 51.8 Å². The summed E-state index contributed by atoms with van der Waals surface area (Å²) in [5.74, 6) is 1.28. The first-order valence-corrected chi connectivity index (χ1v) is 8.45. The number of hydrogen-bond donors (Lipinski definition) is 1. The molecule has 0 amide bonds. The second kappa shape index (κ2) is 5.85. The van der Waals surface area contributed by atoms with E-state index in [2.05, 4.69) is 26.1 Å². The molecular weight excluding hydrogens is 240 g/mol. The Bertz CT molecular complexity index is 304. The van der Waals surface area contributed by atoms with Crippen LogP contribution in [0.1, 0.15) is 59.3 Å². The van der Waals surface area contributed by atoms with E-state index in [1.807, 2.05) is 11.8 Å². The van der Waals surface area contributed by atoms with E-state index in [1.165, 1.54) is 49.4 Å². The van der Waals surface area contributed by atoms with Crippen LogP contribution in [0.25, 0.3) is 0 Å². The van der Waals surface area contributed by atoms with Crippen molar-refractivity contribution >= 4 is 16.9 Å². The van der Waals surface area contributed by atoms with Crippen LogP contribution in [0.5, 0.6) is 0 Å². The van der Waals surface area contributed by atoms with Crippen molar-refractivity contribution in [2.24, 2.45) is 15.8 Å². The van der Waals surface area contributed by atoms with Crippen molar-refractivity contribution in [3.63, 3.8) is 0 Å². The third-order valence-corrected chi connectivity index (χ3v) is 5.97. The summed E-state index contributed by atoms with van der Waals surface area (Å²) < 4.78 is 0. The second-order valence-electron chi connectivity index (χ2n) is 6.84. The van der Waals surface area contributed by atoms with Crippen molar-refractivity contribution in [3.8, 4) is 0 Å². The van der Waals surface area contributed by atoms with Crippen molar-refractivity contribution in [1.82, 2.24) is 5.32 Å². The average Bonchev–Trinajstić information content (AvgIpc) is 2.39. The number of hydrogen-bond acceptors (Lipinski definition) is 3. The number of rotatable bonds is 3. The Morgan fingerprint density at radius 3 is 2.56 bits per heavy atom. The summed E-state index contributed by atoms with van der Waals surface area (Å²) in [5.41, 5.74) is 0.928. The Morgan fingerprint density at radius 2 is 2.00 bits per heavy atom. The van der Waals surface area contributed by atoms with E-state index >= 15 is 0 Å². The van der Waals surface area contributed by atoms with Crippen LogP contribution < -0.4 is 5.32 Å². The highest BCUT2D eigenvalue weighted by Crippen LogP contribution is 2.41. The van der Waals surface area contributed by atoms with E-state index in [-0.39, 0.29) is 0 Å². The monoisotopic (exact) mass is 268 g/mol. The van der Waals surface area contributed by atoms with Gasteiger partial charge in [-0.3, -0.25) is 4.99 Å². The highest BCUT2D eigenvalue weighted by Gasteiger charge is 2.34. The van der Waals surface area contributed by atoms with Crippen LogP contribution in [-0.4, -0.2) is 24.0 Å². The molecule has 0 aromatic heterocycles. The summed E-state index contributed by atoms with van der Waals surface area (Å²) in [6.45, 7) is 9.00. The molecule has 0 bridgehead atoms. The molecule has 2 nitrogen and oxygen atoms in total. The van der Waals surface area contributed by atoms with Crippen molar-refractivity contribution in [2.45, 2.75) is 59.3 Å². The van der Waals surface area contributed by atoms with Gasteiger partial charge in [0.25, 0.3) is 0 Å². The van der Waals surface area contributed by atoms with Crippen molar-refractivity contribution in [3.05, 3.63) is 0 Å². The Hall–Kier alpha value is -0.180. The maximum atomic E-state index is 4.81. The summed E-state index contributed by atoms with van der Waals surface area (Å²) >= 11 is 1.96. The normalized spacial score (nSPS) is 23.8. The zero-order valence-electron chi connectivity index (χ0n) is 12.2. The van der Waals surface area contributed by atoms with Gasteiger partial charge in [-0.25, -0.2) is 0 Å². The molecule has 1 fully saturated rings. The number of nitrogens with one attached hydrogen (secondary N) is 1. The molecule has 1 aliphatic heterocycles. The zero-order chi connectivity index (χ0) is 13.1. The number of aliphatic imine (C=N–C) groups is 1. The number of amidine groups is 1. The minimum absolute atomic E-state index is 0.378. The van der Waals surface area contributed by atoms with E-state index in [4.69, 9.17) is 4.99 Å². The van der Waals surface area contributed by atoms with Gasteiger partial charge in [0.1, 0.15) is 0 Å². The molecule has 0 aromatic rings. The first-order valence-electron chi connectivity index (χ1n) is 7.46. The van der Waals surface area contributed by atoms with Crippen LogP contribution in [0.2, 0.25) is 0 Å². The summed E-state index contributed by atoms with van der Waals surface area (Å²) in [6, 6.07) is 0. The van der Waals surface area contributed by atoms with E-state index in [0.717, 1.165) is 13.1 Å². The van der Waals surface area contributed by atoms with Crippen LogP contribution in [0.15, 0.2) is 4.99 Å². The summed E-state index contributed by atoms with van der Waals surface area (Å²) in [7, 11) is 0. The molecule has 1 saturated carbocycles. The number of nitrogens with zero attached hydrogens (tertiary/aromatic N) is 1. The summed E-state index contributed by atoms with van der Waals surface area (Å²) in [6.07, 6.45) is 8.28. The maximum Gasteiger partial charge on any atom is 0.156 e. The van der Waals surface area contributed by atoms with Crippen LogP contribution in [0.4, 0.5) is 0 Å². The second-order valence-corrected chi connectivity index (χ2v) is 7.81. The SMILES string of the molecule is CCC(C)(C)CNC1=NCC2(CCCCC2)CS1. The van der Waals surface area contributed by atoms with Crippen molar-refractivity contribution in [1.29, 1.82) is 0 Å². The van der Waals surface area contributed by atoms with E-state index in [0.29, 0.717) is 10.8 Å². The molecule has 0 unspecified atom stereocenters. The van der Waals surface area contributed by atoms with Gasteiger partial charge in [-0.15, -0.1) is 0 Å². The Kier molecular flexibility index (Phi) is 4.63. The standard InChI is InChI=1S/C15H28N2S/c1-4-14(2,3)10-16-13-17-11-15(12-18-13)8-6-5-7-9-15/h4-12H2,1-3H3,(H,16,17). The molecule has 2 rings (SSSR count). The minimum atomic E-state index is 0.378. The molecule has 104 valence electrons. The lowest BCUT2D eigenvalue weighted by molar-refractivity contribution is 0.232. The molecule has 2 aliphatic rings. The minimum Gasteiger partial charge on any atom is -0.364 e. The molecule has 1 N–H and O–H groups in total. The van der Waals surface area contributed by atoms with Gasteiger partial charge in [-0.2, -0.15) is 0 Å². The fraction of sp³-hybridized carbons (Fsp3) is 0.933. The first-order chi connectivity index (χ1) is 8.55. The third kappa shape index (κ3) is 3.66. The van der Waals surface area contributed by atoms with Crippen LogP contribution >= 0.6 is 11.8 Å². The largest absolute Gasteiger partial charge is 0.364 e. The zero-order valence-corrected chi connectivity index (χ0v) is 13.0. The lowest BCUT2D eigenvalue weighted by Gasteiger charge is -2.38. The highest BCUT2D eigenvalue weighted by atomic mass is 32.2. The number of thioether (sulfide) groups is 1. The predicted octanol–water partition coefficient (Wildman–Crippen LogP) is 4.07. The van der Waals surface area contributed by atoms with Gasteiger partial charge in [0.2, 0.25) is 0 Å². The van der Waals surface area contributed by atoms with Gasteiger partial charge >= 0.3 is 0 Å². The van der Waals surface area contributed by atoms with Gasteiger partial charge in [0.15, 0.2) is 5.17 Å². The fourth-order valence-electron chi connectivity index (χ4n) is 2.70. The molecule has 0 atom stereocenters. The van der Waals surface area contributed by atoms with Gasteiger partial charge in [0.05, 0.1) is 0 Å². The molecule has 18 heavy (non-hydrogen) atoms. The molecular formula is C15H28N2S. The lowest BCUT2D eigenvalue weighted by Crippen LogP contribution is -2.39. The molecule has 0 aromatic carbocycles. The Morgan fingerprint density at radius 1 is 1.28 bits per heavy atom. The van der Waals surface area contributed by atoms with E-state index in [9.17, 15) is 0 Å². The maximum absolute atomic E-state index is 4.81. The summed E-state index contributed by atoms with van der Waals surface area (Å²) in [5, 5.41) is 4.74. The summed E-state index contributed by atoms with van der Waals surface area (Å²) in [4.78, 5) is 4.81. The van der Waals surface area contributed by atoms with Crippen LogP contribution in [0, 0.1) is 10.8 Å². The fourth-order valence-corrected chi connectivity index (χ4v) is 3.86. The molecule has 1 heterocycles. The molecule has 1 spiro atoms. The third-order valence-electron chi connectivity index (χ3n) is 4.66. The molecule has 1 aliphatic carbocycles. The van der Waals surface area contributed by atoms with Crippen molar-refractivity contribution in [2.75, 3.05) is 18.8 Å². The van der Waals surface area contributed by atoms with Gasteiger partial charge in [-0.05, 0) is 30.1 Å². The Labute approximate surface area is 116 Å². The van der Waals surface area contributed by atoms with E-state index < -0.39 is 0 Å². The quantitative estimate of drug-likeness (QED) is 0.834. The molecule has 3 heteroatoms. The lowest BCUT2D eigenvalue weighted by atomic mass is 9.75. The van der Waals surface area contributed by atoms with E-state index in [1.54, 1.807) is 0 Å². The smallest absolute Gasteiger partial charge is 0.156 e. The van der Waals surface area contributed by atoms with Gasteiger partial charge in [0, 0.05) is 18.8 Å².